The zero-order valence-electron chi connectivity index (χ0n) is 14.2. The molecule has 0 amide bonds. The van der Waals surface area contributed by atoms with Crippen molar-refractivity contribution in [2.24, 2.45) is 11.3 Å². The van der Waals surface area contributed by atoms with E-state index in [1.54, 1.807) is 0 Å². The standard InChI is InChI=1S/C18H30N2O/c1-6-15-8-14(12-19-5)9-17(20-15)21-16-7-13(2)10-18(3,4)11-16/h8-9,13,16,19H,6-7,10-12H2,1-5H3. The van der Waals surface area contributed by atoms with E-state index in [-0.39, 0.29) is 0 Å². The van der Waals surface area contributed by atoms with Crippen LogP contribution < -0.4 is 10.1 Å². The number of pyridine rings is 1. The average molecular weight is 290 g/mol. The number of aromatic nitrogens is 1. The molecule has 0 aromatic carbocycles. The summed E-state index contributed by atoms with van der Waals surface area (Å²) in [6.07, 6.45) is 4.80. The number of aryl methyl sites for hydroxylation is 1. The van der Waals surface area contributed by atoms with Crippen LogP contribution in [0.2, 0.25) is 0 Å². The van der Waals surface area contributed by atoms with Crippen molar-refractivity contribution in [1.82, 2.24) is 10.3 Å². The molecule has 1 aromatic rings. The Labute approximate surface area is 129 Å². The van der Waals surface area contributed by atoms with Gasteiger partial charge in [-0.15, -0.1) is 0 Å². The summed E-state index contributed by atoms with van der Waals surface area (Å²) >= 11 is 0. The minimum absolute atomic E-state index is 0.297. The van der Waals surface area contributed by atoms with Crippen LogP contribution in [0.25, 0.3) is 0 Å². The highest BCUT2D eigenvalue weighted by atomic mass is 16.5. The molecular formula is C18H30N2O. The summed E-state index contributed by atoms with van der Waals surface area (Å²) in [5.41, 5.74) is 2.74. The third kappa shape index (κ3) is 4.70. The lowest BCUT2D eigenvalue weighted by Crippen LogP contribution is -2.34. The number of nitrogens with one attached hydrogen (secondary N) is 1. The van der Waals surface area contributed by atoms with Crippen LogP contribution in [-0.4, -0.2) is 18.1 Å². The molecule has 0 bridgehead atoms. The monoisotopic (exact) mass is 290 g/mol. The Kier molecular flexibility index (Phi) is 5.26. The molecule has 1 heterocycles. The highest BCUT2D eigenvalue weighted by Crippen LogP contribution is 2.39. The number of hydrogen-bond acceptors (Lipinski definition) is 3. The summed E-state index contributed by atoms with van der Waals surface area (Å²) in [4.78, 5) is 4.65. The van der Waals surface area contributed by atoms with Crippen LogP contribution in [-0.2, 0) is 13.0 Å². The van der Waals surface area contributed by atoms with Crippen LogP contribution in [0.3, 0.4) is 0 Å². The van der Waals surface area contributed by atoms with Crippen molar-refractivity contribution < 1.29 is 4.74 Å². The molecular weight excluding hydrogens is 260 g/mol. The molecule has 0 spiro atoms. The summed E-state index contributed by atoms with van der Waals surface area (Å²) in [5.74, 6) is 1.53. The zero-order chi connectivity index (χ0) is 15.5. The van der Waals surface area contributed by atoms with Gasteiger partial charge in [0.1, 0.15) is 6.10 Å². The van der Waals surface area contributed by atoms with E-state index in [4.69, 9.17) is 4.74 Å². The predicted molar refractivity (Wildman–Crippen MR) is 87.6 cm³/mol. The van der Waals surface area contributed by atoms with Gasteiger partial charge >= 0.3 is 0 Å². The Bertz CT molecular complexity index is 470. The van der Waals surface area contributed by atoms with Crippen molar-refractivity contribution in [3.05, 3.63) is 23.4 Å². The molecule has 1 aliphatic rings. The second-order valence-electron chi connectivity index (χ2n) is 7.34. The van der Waals surface area contributed by atoms with Crippen molar-refractivity contribution in [3.63, 3.8) is 0 Å². The van der Waals surface area contributed by atoms with E-state index in [9.17, 15) is 0 Å². The lowest BCUT2D eigenvalue weighted by atomic mass is 9.71. The fourth-order valence-corrected chi connectivity index (χ4v) is 3.69. The molecule has 2 unspecified atom stereocenters. The molecule has 2 rings (SSSR count). The van der Waals surface area contributed by atoms with E-state index in [1.165, 1.54) is 12.0 Å². The zero-order valence-corrected chi connectivity index (χ0v) is 14.2. The van der Waals surface area contributed by atoms with Crippen molar-refractivity contribution in [1.29, 1.82) is 0 Å². The SMILES string of the molecule is CCc1cc(CNC)cc(OC2CC(C)CC(C)(C)C2)n1. The molecule has 1 aromatic heterocycles. The van der Waals surface area contributed by atoms with Crippen LogP contribution in [0.1, 0.15) is 58.2 Å². The minimum Gasteiger partial charge on any atom is -0.474 e. The van der Waals surface area contributed by atoms with Gasteiger partial charge in [-0.3, -0.25) is 0 Å². The molecule has 3 heteroatoms. The summed E-state index contributed by atoms with van der Waals surface area (Å²) in [7, 11) is 1.97. The molecule has 21 heavy (non-hydrogen) atoms. The van der Waals surface area contributed by atoms with E-state index < -0.39 is 0 Å². The molecule has 0 saturated heterocycles. The van der Waals surface area contributed by atoms with E-state index in [2.05, 4.69) is 50.1 Å². The Balaban J connectivity index is 2.12. The summed E-state index contributed by atoms with van der Waals surface area (Å²) < 4.78 is 6.25. The summed E-state index contributed by atoms with van der Waals surface area (Å²) in [6, 6.07) is 4.25. The first-order valence-corrected chi connectivity index (χ1v) is 8.23. The minimum atomic E-state index is 0.297. The first kappa shape index (κ1) is 16.3. The number of nitrogens with zero attached hydrogens (tertiary/aromatic N) is 1. The van der Waals surface area contributed by atoms with Crippen LogP contribution >= 0.6 is 0 Å². The van der Waals surface area contributed by atoms with Crippen molar-refractivity contribution in [2.75, 3.05) is 7.05 Å². The van der Waals surface area contributed by atoms with Gasteiger partial charge in [0, 0.05) is 18.3 Å². The van der Waals surface area contributed by atoms with E-state index in [1.807, 2.05) is 7.05 Å². The molecule has 1 N–H and O–H groups in total. The van der Waals surface area contributed by atoms with Gasteiger partial charge < -0.3 is 10.1 Å². The van der Waals surface area contributed by atoms with E-state index in [0.717, 1.165) is 43.3 Å². The normalized spacial score (nSPS) is 24.8. The predicted octanol–water partition coefficient (Wildman–Crippen LogP) is 3.96. The number of hydrogen-bond donors (Lipinski definition) is 1. The quantitative estimate of drug-likeness (QED) is 0.891. The van der Waals surface area contributed by atoms with Crippen LogP contribution in [0.5, 0.6) is 5.88 Å². The lowest BCUT2D eigenvalue weighted by molar-refractivity contribution is 0.0531. The van der Waals surface area contributed by atoms with Gasteiger partial charge in [-0.25, -0.2) is 4.98 Å². The molecule has 1 aliphatic carbocycles. The number of rotatable bonds is 5. The topological polar surface area (TPSA) is 34.1 Å². The summed E-state index contributed by atoms with van der Waals surface area (Å²) in [6.45, 7) is 10.0. The second kappa shape index (κ2) is 6.78. The van der Waals surface area contributed by atoms with Crippen molar-refractivity contribution >= 4 is 0 Å². The average Bonchev–Trinajstić information content (AvgIpc) is 2.36. The third-order valence-corrected chi connectivity index (χ3v) is 4.29. The first-order chi connectivity index (χ1) is 9.91. The maximum Gasteiger partial charge on any atom is 0.214 e. The largest absolute Gasteiger partial charge is 0.474 e. The Morgan fingerprint density at radius 3 is 2.71 bits per heavy atom. The van der Waals surface area contributed by atoms with Gasteiger partial charge in [0.2, 0.25) is 5.88 Å². The fourth-order valence-electron chi connectivity index (χ4n) is 3.69. The molecule has 0 radical (unpaired) electrons. The van der Waals surface area contributed by atoms with E-state index in [0.29, 0.717) is 11.5 Å². The van der Waals surface area contributed by atoms with Gasteiger partial charge in [-0.1, -0.05) is 27.7 Å². The van der Waals surface area contributed by atoms with Crippen LogP contribution in [0.4, 0.5) is 0 Å². The second-order valence-corrected chi connectivity index (χ2v) is 7.34. The van der Waals surface area contributed by atoms with Gasteiger partial charge in [0.25, 0.3) is 0 Å². The van der Waals surface area contributed by atoms with Gasteiger partial charge in [0.05, 0.1) is 0 Å². The lowest BCUT2D eigenvalue weighted by Gasteiger charge is -2.38. The Morgan fingerprint density at radius 2 is 2.10 bits per heavy atom. The molecule has 3 nitrogen and oxygen atoms in total. The first-order valence-electron chi connectivity index (χ1n) is 8.23. The molecule has 2 atom stereocenters. The van der Waals surface area contributed by atoms with E-state index >= 15 is 0 Å². The Hall–Kier alpha value is -1.09. The maximum absolute atomic E-state index is 6.25. The molecule has 118 valence electrons. The van der Waals surface area contributed by atoms with Gasteiger partial charge in [-0.05, 0) is 55.7 Å². The smallest absolute Gasteiger partial charge is 0.214 e. The highest BCUT2D eigenvalue weighted by molar-refractivity contribution is 5.25. The highest BCUT2D eigenvalue weighted by Gasteiger charge is 2.33. The molecule has 0 aliphatic heterocycles. The number of ether oxygens (including phenoxy) is 1. The van der Waals surface area contributed by atoms with Gasteiger partial charge in [0.15, 0.2) is 0 Å². The molecule has 1 saturated carbocycles. The Morgan fingerprint density at radius 1 is 1.33 bits per heavy atom. The van der Waals surface area contributed by atoms with Crippen LogP contribution in [0, 0.1) is 11.3 Å². The molecule has 1 fully saturated rings. The summed E-state index contributed by atoms with van der Waals surface area (Å²) in [5, 5.41) is 3.20. The maximum atomic E-state index is 6.25. The van der Waals surface area contributed by atoms with Crippen molar-refractivity contribution in [3.8, 4) is 5.88 Å². The van der Waals surface area contributed by atoms with Crippen LogP contribution in [0.15, 0.2) is 12.1 Å². The van der Waals surface area contributed by atoms with Crippen molar-refractivity contribution in [2.45, 2.75) is 66.0 Å². The van der Waals surface area contributed by atoms with Gasteiger partial charge in [-0.2, -0.15) is 0 Å². The third-order valence-electron chi connectivity index (χ3n) is 4.29. The fraction of sp³-hybridized carbons (Fsp3) is 0.722.